The predicted octanol–water partition coefficient (Wildman–Crippen LogP) is 2.00. The van der Waals surface area contributed by atoms with Crippen molar-refractivity contribution in [2.45, 2.75) is 4.90 Å². The van der Waals surface area contributed by atoms with Crippen molar-refractivity contribution in [1.82, 2.24) is 0 Å². The van der Waals surface area contributed by atoms with E-state index in [2.05, 4.69) is 12.6 Å². The highest BCUT2D eigenvalue weighted by Gasteiger charge is 2.11. The number of ether oxygens (including phenoxy) is 3. The highest BCUT2D eigenvalue weighted by atomic mass is 32.1. The van der Waals surface area contributed by atoms with E-state index in [9.17, 15) is 0 Å². The Morgan fingerprint density at radius 3 is 1.92 bits per heavy atom. The average Bonchev–Trinajstić information content (AvgIpc) is 2.17. The zero-order valence-electron chi connectivity index (χ0n) is 7.83. The molecule has 3 nitrogen and oxygen atoms in total. The summed E-state index contributed by atoms with van der Waals surface area (Å²) in [4.78, 5) is 0.643. The van der Waals surface area contributed by atoms with Crippen LogP contribution in [0.1, 0.15) is 0 Å². The van der Waals surface area contributed by atoms with E-state index >= 15 is 0 Å². The molecule has 0 fully saturated rings. The van der Waals surface area contributed by atoms with Crippen LogP contribution in [0.15, 0.2) is 17.0 Å². The van der Waals surface area contributed by atoms with Gasteiger partial charge in [0, 0.05) is 0 Å². The number of benzene rings is 1. The van der Waals surface area contributed by atoms with E-state index < -0.39 is 0 Å². The molecule has 0 aliphatic carbocycles. The Balaban J connectivity index is 3.23. The summed E-state index contributed by atoms with van der Waals surface area (Å²) >= 11 is 4.27. The molecule has 0 saturated carbocycles. The third kappa shape index (κ3) is 1.83. The minimum atomic E-state index is 0.588. The van der Waals surface area contributed by atoms with Crippen molar-refractivity contribution < 1.29 is 14.2 Å². The first-order valence-corrected chi connectivity index (χ1v) is 4.17. The fourth-order valence-corrected chi connectivity index (χ4v) is 1.42. The SMILES string of the molecule is COc1ccc(OC)c(OC)c1S. The number of hydrogen-bond donors (Lipinski definition) is 1. The summed E-state index contributed by atoms with van der Waals surface area (Å²) < 4.78 is 15.3. The molecule has 1 rings (SSSR count). The fraction of sp³-hybridized carbons (Fsp3) is 0.333. The molecule has 0 spiro atoms. The number of rotatable bonds is 3. The quantitative estimate of drug-likeness (QED) is 0.756. The fourth-order valence-electron chi connectivity index (χ4n) is 1.06. The molecule has 72 valence electrons. The maximum absolute atomic E-state index is 5.13. The highest BCUT2D eigenvalue weighted by Crippen LogP contribution is 2.39. The van der Waals surface area contributed by atoms with Crippen molar-refractivity contribution >= 4 is 12.6 Å². The van der Waals surface area contributed by atoms with Crippen molar-refractivity contribution in [3.05, 3.63) is 12.1 Å². The van der Waals surface area contributed by atoms with Crippen LogP contribution in [0.4, 0.5) is 0 Å². The molecule has 1 aromatic rings. The van der Waals surface area contributed by atoms with Crippen LogP contribution in [0.25, 0.3) is 0 Å². The molecule has 0 bridgehead atoms. The third-order valence-electron chi connectivity index (χ3n) is 1.70. The molecule has 0 heterocycles. The Kier molecular flexibility index (Phi) is 3.31. The second-order valence-electron chi connectivity index (χ2n) is 2.35. The highest BCUT2D eigenvalue weighted by molar-refractivity contribution is 7.80. The lowest BCUT2D eigenvalue weighted by Gasteiger charge is -2.12. The zero-order chi connectivity index (χ0) is 9.84. The summed E-state index contributed by atoms with van der Waals surface area (Å²) in [7, 11) is 4.73. The van der Waals surface area contributed by atoms with Gasteiger partial charge >= 0.3 is 0 Å². The van der Waals surface area contributed by atoms with E-state index in [1.54, 1.807) is 33.5 Å². The summed E-state index contributed by atoms with van der Waals surface area (Å²) in [5, 5.41) is 0. The van der Waals surface area contributed by atoms with Gasteiger partial charge in [0.1, 0.15) is 5.75 Å². The molecule has 0 atom stereocenters. The minimum absolute atomic E-state index is 0.588. The average molecular weight is 200 g/mol. The van der Waals surface area contributed by atoms with Crippen LogP contribution < -0.4 is 14.2 Å². The molecular weight excluding hydrogens is 188 g/mol. The largest absolute Gasteiger partial charge is 0.495 e. The van der Waals surface area contributed by atoms with Gasteiger partial charge in [-0.1, -0.05) is 0 Å². The van der Waals surface area contributed by atoms with Crippen LogP contribution in [-0.4, -0.2) is 21.3 Å². The molecule has 0 amide bonds. The molecular formula is C9H12O3S. The molecule has 0 saturated heterocycles. The lowest BCUT2D eigenvalue weighted by Crippen LogP contribution is -1.93. The Bertz CT molecular complexity index is 299. The summed E-state index contributed by atoms with van der Waals surface area (Å²) in [6, 6.07) is 3.56. The number of hydrogen-bond acceptors (Lipinski definition) is 4. The molecule has 0 unspecified atom stereocenters. The minimum Gasteiger partial charge on any atom is -0.495 e. The molecule has 13 heavy (non-hydrogen) atoms. The Morgan fingerprint density at radius 2 is 1.46 bits per heavy atom. The van der Waals surface area contributed by atoms with Crippen molar-refractivity contribution in [2.24, 2.45) is 0 Å². The van der Waals surface area contributed by atoms with Gasteiger partial charge in [0.2, 0.25) is 0 Å². The first kappa shape index (κ1) is 10.1. The van der Waals surface area contributed by atoms with Crippen LogP contribution >= 0.6 is 12.6 Å². The molecule has 0 aliphatic rings. The molecule has 1 aromatic carbocycles. The predicted molar refractivity (Wildman–Crippen MR) is 53.4 cm³/mol. The Morgan fingerprint density at radius 1 is 0.923 bits per heavy atom. The van der Waals surface area contributed by atoms with E-state index in [4.69, 9.17) is 14.2 Å². The van der Waals surface area contributed by atoms with Gasteiger partial charge in [0.25, 0.3) is 0 Å². The van der Waals surface area contributed by atoms with Gasteiger partial charge in [0.05, 0.1) is 26.2 Å². The summed E-state index contributed by atoms with van der Waals surface area (Å²) in [5.41, 5.74) is 0. The first-order valence-electron chi connectivity index (χ1n) is 3.72. The smallest absolute Gasteiger partial charge is 0.177 e. The third-order valence-corrected chi connectivity index (χ3v) is 2.13. The van der Waals surface area contributed by atoms with Crippen LogP contribution in [0.5, 0.6) is 17.2 Å². The topological polar surface area (TPSA) is 27.7 Å². The summed E-state index contributed by atoms with van der Waals surface area (Å²) in [5.74, 6) is 1.90. The standard InChI is InChI=1S/C9H12O3S/c1-10-6-4-5-7(11-2)9(13)8(6)12-3/h4-5,13H,1-3H3. The van der Waals surface area contributed by atoms with Crippen molar-refractivity contribution in [1.29, 1.82) is 0 Å². The lowest BCUT2D eigenvalue weighted by molar-refractivity contribution is 0.337. The lowest BCUT2D eigenvalue weighted by atomic mass is 10.3. The van der Waals surface area contributed by atoms with Crippen molar-refractivity contribution in [3.63, 3.8) is 0 Å². The zero-order valence-corrected chi connectivity index (χ0v) is 8.72. The molecule has 0 radical (unpaired) electrons. The Hall–Kier alpha value is -1.03. The first-order chi connectivity index (χ1) is 6.24. The van der Waals surface area contributed by atoms with E-state index in [0.29, 0.717) is 22.1 Å². The monoisotopic (exact) mass is 200 g/mol. The van der Waals surface area contributed by atoms with Gasteiger partial charge in [-0.05, 0) is 12.1 Å². The molecule has 4 heteroatoms. The molecule has 0 aliphatic heterocycles. The maximum atomic E-state index is 5.13. The van der Waals surface area contributed by atoms with Crippen LogP contribution in [0.3, 0.4) is 0 Å². The van der Waals surface area contributed by atoms with Crippen LogP contribution in [0, 0.1) is 0 Å². The number of thiol groups is 1. The molecule has 0 aromatic heterocycles. The van der Waals surface area contributed by atoms with E-state index in [-0.39, 0.29) is 0 Å². The van der Waals surface area contributed by atoms with Gasteiger partial charge < -0.3 is 14.2 Å². The maximum Gasteiger partial charge on any atom is 0.177 e. The summed E-state index contributed by atoms with van der Waals surface area (Å²) in [6.45, 7) is 0. The normalized spacial score (nSPS) is 9.54. The van der Waals surface area contributed by atoms with Gasteiger partial charge in [-0.25, -0.2) is 0 Å². The van der Waals surface area contributed by atoms with E-state index in [0.717, 1.165) is 0 Å². The van der Waals surface area contributed by atoms with Crippen LogP contribution in [-0.2, 0) is 0 Å². The van der Waals surface area contributed by atoms with Crippen molar-refractivity contribution in [3.8, 4) is 17.2 Å². The van der Waals surface area contributed by atoms with Crippen LogP contribution in [0.2, 0.25) is 0 Å². The van der Waals surface area contributed by atoms with Gasteiger partial charge in [0.15, 0.2) is 11.5 Å². The second kappa shape index (κ2) is 4.28. The van der Waals surface area contributed by atoms with Gasteiger partial charge in [-0.3, -0.25) is 0 Å². The Labute approximate surface area is 83.0 Å². The second-order valence-corrected chi connectivity index (χ2v) is 2.80. The van der Waals surface area contributed by atoms with E-state index in [1.807, 2.05) is 0 Å². The van der Waals surface area contributed by atoms with E-state index in [1.165, 1.54) is 0 Å². The number of methoxy groups -OCH3 is 3. The van der Waals surface area contributed by atoms with Gasteiger partial charge in [-0.2, -0.15) is 0 Å². The van der Waals surface area contributed by atoms with Gasteiger partial charge in [-0.15, -0.1) is 12.6 Å². The summed E-state index contributed by atoms with van der Waals surface area (Å²) in [6.07, 6.45) is 0. The molecule has 0 N–H and O–H groups in total. The van der Waals surface area contributed by atoms with Crippen molar-refractivity contribution in [2.75, 3.05) is 21.3 Å².